The number of likely N-dealkylation sites (N-methyl/N-ethyl adjacent to an activating group) is 1. The van der Waals surface area contributed by atoms with Crippen molar-refractivity contribution in [3.63, 3.8) is 0 Å². The van der Waals surface area contributed by atoms with Crippen LogP contribution in [0.2, 0.25) is 0 Å². The molecular formula is C23H27NO3S. The first kappa shape index (κ1) is 18.3. The van der Waals surface area contributed by atoms with E-state index in [1.807, 2.05) is 13.0 Å². The van der Waals surface area contributed by atoms with Gasteiger partial charge < -0.3 is 4.74 Å². The van der Waals surface area contributed by atoms with E-state index in [0.717, 1.165) is 40.8 Å². The third-order valence-electron chi connectivity index (χ3n) is 7.23. The Morgan fingerprint density at radius 1 is 1.14 bits per heavy atom. The molecule has 1 saturated heterocycles. The quantitative estimate of drug-likeness (QED) is 0.654. The van der Waals surface area contributed by atoms with Gasteiger partial charge in [0.2, 0.25) is 0 Å². The van der Waals surface area contributed by atoms with Crippen LogP contribution in [0.25, 0.3) is 6.08 Å². The van der Waals surface area contributed by atoms with E-state index in [2.05, 4.69) is 18.2 Å². The second-order valence-electron chi connectivity index (χ2n) is 9.12. The summed E-state index contributed by atoms with van der Waals surface area (Å²) in [5.74, 6) is 3.23. The minimum atomic E-state index is -0.224. The molecule has 1 heterocycles. The van der Waals surface area contributed by atoms with Gasteiger partial charge in [0.1, 0.15) is 5.75 Å². The third-order valence-corrected chi connectivity index (χ3v) is 8.19. The van der Waals surface area contributed by atoms with Crippen molar-refractivity contribution < 1.29 is 14.3 Å². The van der Waals surface area contributed by atoms with Crippen LogP contribution in [0.5, 0.6) is 5.75 Å². The molecule has 4 nitrogen and oxygen atoms in total. The van der Waals surface area contributed by atoms with Gasteiger partial charge in [-0.3, -0.25) is 14.5 Å². The number of benzene rings is 1. The molecule has 1 aromatic carbocycles. The van der Waals surface area contributed by atoms with Crippen LogP contribution in [-0.4, -0.2) is 29.7 Å². The molecule has 148 valence electrons. The molecule has 0 atom stereocenters. The van der Waals surface area contributed by atoms with Gasteiger partial charge in [-0.2, -0.15) is 0 Å². The van der Waals surface area contributed by atoms with Crippen molar-refractivity contribution in [3.05, 3.63) is 34.2 Å². The van der Waals surface area contributed by atoms with Gasteiger partial charge in [-0.15, -0.1) is 0 Å². The molecule has 0 unspecified atom stereocenters. The van der Waals surface area contributed by atoms with Gasteiger partial charge in [0.25, 0.3) is 11.1 Å². The largest absolute Gasteiger partial charge is 0.493 e. The van der Waals surface area contributed by atoms with Crippen LogP contribution in [0.1, 0.15) is 56.6 Å². The number of amides is 2. The van der Waals surface area contributed by atoms with E-state index in [4.69, 9.17) is 4.74 Å². The van der Waals surface area contributed by atoms with Crippen molar-refractivity contribution in [1.29, 1.82) is 0 Å². The molecule has 0 radical (unpaired) electrons. The summed E-state index contributed by atoms with van der Waals surface area (Å²) in [6.07, 6.45) is 10.0. The zero-order valence-corrected chi connectivity index (χ0v) is 17.4. The van der Waals surface area contributed by atoms with E-state index in [9.17, 15) is 9.59 Å². The number of ether oxygens (including phenoxy) is 1. The second kappa shape index (κ2) is 6.65. The predicted molar refractivity (Wildman–Crippen MR) is 111 cm³/mol. The SMILES string of the molecule is CCOc1ccc(C23CC4CC(CC(C4)C2)C3)cc1/C=C1/SC(=O)N(C)C1=O. The Kier molecular flexibility index (Phi) is 4.34. The van der Waals surface area contributed by atoms with E-state index < -0.39 is 0 Å². The normalized spacial score (nSPS) is 35.3. The maximum absolute atomic E-state index is 12.4. The van der Waals surface area contributed by atoms with Crippen molar-refractivity contribution in [2.75, 3.05) is 13.7 Å². The Hall–Kier alpha value is -1.75. The summed E-state index contributed by atoms with van der Waals surface area (Å²) in [6.45, 7) is 2.55. The Labute approximate surface area is 170 Å². The lowest BCUT2D eigenvalue weighted by Crippen LogP contribution is -2.48. The first-order valence-corrected chi connectivity index (χ1v) is 11.3. The summed E-state index contributed by atoms with van der Waals surface area (Å²) in [5, 5.41) is -0.216. The monoisotopic (exact) mass is 397 g/mol. The molecule has 6 rings (SSSR count). The Morgan fingerprint density at radius 2 is 1.79 bits per heavy atom. The summed E-state index contributed by atoms with van der Waals surface area (Å²) >= 11 is 1.01. The first-order valence-electron chi connectivity index (χ1n) is 10.5. The lowest BCUT2D eigenvalue weighted by Gasteiger charge is -2.57. The lowest BCUT2D eigenvalue weighted by molar-refractivity contribution is -0.121. The highest BCUT2D eigenvalue weighted by atomic mass is 32.2. The molecule has 1 aromatic rings. The highest BCUT2D eigenvalue weighted by Gasteiger charge is 2.51. The fraction of sp³-hybridized carbons (Fsp3) is 0.565. The standard InChI is InChI=1S/C23H27NO3S/c1-3-27-19-5-4-18(9-17(19)10-20-21(25)24(2)22(26)28-20)23-11-14-6-15(12-23)8-16(7-14)13-23/h4-5,9-10,14-16H,3,6-8,11-13H2,1-2H3/b20-10+. The molecule has 4 aliphatic carbocycles. The molecule has 0 N–H and O–H groups in total. The highest BCUT2D eigenvalue weighted by Crippen LogP contribution is 2.61. The number of carbonyl (C=O) groups excluding carboxylic acids is 2. The number of nitrogens with zero attached hydrogens (tertiary/aromatic N) is 1. The molecule has 1 aliphatic heterocycles. The second-order valence-corrected chi connectivity index (χ2v) is 10.1. The number of hydrogen-bond donors (Lipinski definition) is 0. The van der Waals surface area contributed by atoms with Crippen LogP contribution in [0.4, 0.5) is 4.79 Å². The molecule has 2 amide bonds. The summed E-state index contributed by atoms with van der Waals surface area (Å²) in [4.78, 5) is 25.9. The highest BCUT2D eigenvalue weighted by molar-refractivity contribution is 8.18. The van der Waals surface area contributed by atoms with Gasteiger partial charge in [0, 0.05) is 12.6 Å². The van der Waals surface area contributed by atoms with Crippen LogP contribution in [-0.2, 0) is 10.2 Å². The average Bonchev–Trinajstić information content (AvgIpc) is 2.89. The van der Waals surface area contributed by atoms with Gasteiger partial charge in [-0.1, -0.05) is 6.07 Å². The van der Waals surface area contributed by atoms with Crippen LogP contribution < -0.4 is 4.74 Å². The molecule has 5 fully saturated rings. The van der Waals surface area contributed by atoms with E-state index in [-0.39, 0.29) is 11.1 Å². The summed E-state index contributed by atoms with van der Waals surface area (Å²) in [5.41, 5.74) is 2.62. The zero-order valence-electron chi connectivity index (χ0n) is 16.6. The van der Waals surface area contributed by atoms with Crippen LogP contribution in [0.3, 0.4) is 0 Å². The number of thioether (sulfide) groups is 1. The molecule has 4 saturated carbocycles. The Balaban J connectivity index is 1.54. The van der Waals surface area contributed by atoms with Gasteiger partial charge in [0.05, 0.1) is 11.5 Å². The molecule has 5 heteroatoms. The van der Waals surface area contributed by atoms with E-state index >= 15 is 0 Å². The fourth-order valence-corrected chi connectivity index (χ4v) is 7.25. The van der Waals surface area contributed by atoms with Crippen molar-refractivity contribution in [2.24, 2.45) is 17.8 Å². The maximum atomic E-state index is 12.4. The van der Waals surface area contributed by atoms with E-state index in [1.165, 1.54) is 56.0 Å². The molecule has 5 aliphatic rings. The average molecular weight is 398 g/mol. The van der Waals surface area contributed by atoms with Crippen LogP contribution >= 0.6 is 11.8 Å². The fourth-order valence-electron chi connectivity index (χ4n) is 6.43. The Morgan fingerprint density at radius 3 is 2.32 bits per heavy atom. The van der Waals surface area contributed by atoms with E-state index in [0.29, 0.717) is 16.9 Å². The molecule has 0 spiro atoms. The van der Waals surface area contributed by atoms with Gasteiger partial charge in [-0.25, -0.2) is 0 Å². The number of carbonyl (C=O) groups is 2. The number of rotatable bonds is 4. The maximum Gasteiger partial charge on any atom is 0.293 e. The minimum Gasteiger partial charge on any atom is -0.493 e. The summed E-state index contributed by atoms with van der Waals surface area (Å²) < 4.78 is 5.85. The van der Waals surface area contributed by atoms with E-state index in [1.54, 1.807) is 0 Å². The topological polar surface area (TPSA) is 46.6 Å². The summed E-state index contributed by atoms with van der Waals surface area (Å²) in [7, 11) is 1.54. The van der Waals surface area contributed by atoms with Crippen molar-refractivity contribution in [2.45, 2.75) is 50.9 Å². The zero-order chi connectivity index (χ0) is 19.5. The van der Waals surface area contributed by atoms with Gasteiger partial charge >= 0.3 is 0 Å². The lowest BCUT2D eigenvalue weighted by atomic mass is 9.48. The van der Waals surface area contributed by atoms with Crippen molar-refractivity contribution in [3.8, 4) is 5.75 Å². The van der Waals surface area contributed by atoms with Crippen LogP contribution in [0, 0.1) is 17.8 Å². The van der Waals surface area contributed by atoms with Crippen molar-refractivity contribution >= 4 is 29.0 Å². The smallest absolute Gasteiger partial charge is 0.293 e. The Bertz CT molecular complexity index is 839. The summed E-state index contributed by atoms with van der Waals surface area (Å²) in [6, 6.07) is 6.56. The molecule has 0 aromatic heterocycles. The molecule has 4 bridgehead atoms. The van der Waals surface area contributed by atoms with Crippen LogP contribution in [0.15, 0.2) is 23.1 Å². The van der Waals surface area contributed by atoms with Crippen molar-refractivity contribution in [1.82, 2.24) is 4.90 Å². The predicted octanol–water partition coefficient (Wildman–Crippen LogP) is 5.22. The van der Waals surface area contributed by atoms with Gasteiger partial charge in [0.15, 0.2) is 0 Å². The number of imide groups is 1. The molecular weight excluding hydrogens is 370 g/mol. The number of hydrogen-bond acceptors (Lipinski definition) is 4. The minimum absolute atomic E-state index is 0.216. The molecule has 28 heavy (non-hydrogen) atoms. The first-order chi connectivity index (χ1) is 13.5. The third kappa shape index (κ3) is 2.90. The van der Waals surface area contributed by atoms with Gasteiger partial charge in [-0.05, 0) is 104 Å².